The summed E-state index contributed by atoms with van der Waals surface area (Å²) < 4.78 is 10.8. The molecule has 0 saturated carbocycles. The number of carbonyl (C=O) groups excluding carboxylic acids is 1. The summed E-state index contributed by atoms with van der Waals surface area (Å²) >= 11 is 0. The number of aromatic nitrogens is 2. The molecule has 0 aliphatic heterocycles. The van der Waals surface area contributed by atoms with Crippen molar-refractivity contribution in [1.82, 2.24) is 9.97 Å². The van der Waals surface area contributed by atoms with Gasteiger partial charge in [0.25, 0.3) is 0 Å². The van der Waals surface area contributed by atoms with Crippen molar-refractivity contribution in [2.24, 2.45) is 0 Å². The van der Waals surface area contributed by atoms with Crippen LogP contribution in [0.4, 0.5) is 5.82 Å². The second-order valence-corrected chi connectivity index (χ2v) is 6.38. The third-order valence-corrected chi connectivity index (χ3v) is 4.49. The Kier molecular flexibility index (Phi) is 12.1. The Bertz CT molecular complexity index is 929. The predicted octanol–water partition coefficient (Wildman–Crippen LogP) is 5.88. The van der Waals surface area contributed by atoms with Gasteiger partial charge < -0.3 is 14.8 Å². The molecule has 3 rings (SSSR count). The number of pyridine rings is 2. The molecule has 0 saturated heterocycles. The first kappa shape index (κ1) is 26.6. The Morgan fingerprint density at radius 2 is 1.53 bits per heavy atom. The summed E-state index contributed by atoms with van der Waals surface area (Å²) in [7, 11) is 3.25. The van der Waals surface area contributed by atoms with Crippen LogP contribution >= 0.6 is 0 Å². The van der Waals surface area contributed by atoms with Crippen molar-refractivity contribution < 1.29 is 14.3 Å². The van der Waals surface area contributed by atoms with Gasteiger partial charge in [-0.05, 0) is 53.4 Å². The molecule has 0 fully saturated rings. The van der Waals surface area contributed by atoms with E-state index in [1.807, 2.05) is 70.2 Å². The lowest BCUT2D eigenvalue weighted by Crippen LogP contribution is -2.09. The maximum Gasteiger partial charge on any atom is 0.222 e. The van der Waals surface area contributed by atoms with Gasteiger partial charge in [-0.15, -0.1) is 0 Å². The van der Waals surface area contributed by atoms with Gasteiger partial charge in [0.1, 0.15) is 5.82 Å². The van der Waals surface area contributed by atoms with Crippen LogP contribution in [0.1, 0.15) is 57.2 Å². The molecule has 1 atom stereocenters. The molecule has 172 valence electrons. The van der Waals surface area contributed by atoms with Gasteiger partial charge in [-0.1, -0.05) is 39.8 Å². The fourth-order valence-electron chi connectivity index (χ4n) is 3.12. The van der Waals surface area contributed by atoms with Crippen LogP contribution in [0.15, 0.2) is 61.1 Å². The molecule has 0 radical (unpaired) electrons. The number of nitrogens with one attached hydrogen (secondary N) is 1. The number of carbonyl (C=O) groups is 1. The lowest BCUT2D eigenvalue weighted by Gasteiger charge is -2.20. The normalized spacial score (nSPS) is 10.5. The highest BCUT2D eigenvalue weighted by atomic mass is 16.5. The van der Waals surface area contributed by atoms with Crippen LogP contribution in [-0.4, -0.2) is 30.1 Å². The molecular weight excluding hydrogens is 402 g/mol. The molecular formula is C26H35N3O3. The highest BCUT2D eigenvalue weighted by Gasteiger charge is 2.18. The molecule has 2 heterocycles. The molecule has 2 aromatic heterocycles. The molecule has 1 unspecified atom stereocenters. The summed E-state index contributed by atoms with van der Waals surface area (Å²) in [5, 5.41) is 2.70. The smallest absolute Gasteiger partial charge is 0.222 e. The third kappa shape index (κ3) is 7.69. The third-order valence-electron chi connectivity index (χ3n) is 4.49. The number of hydrogen-bond donors (Lipinski definition) is 1. The maximum atomic E-state index is 11.2. The zero-order valence-corrected chi connectivity index (χ0v) is 20.2. The average molecular weight is 438 g/mol. The van der Waals surface area contributed by atoms with Gasteiger partial charge >= 0.3 is 0 Å². The second kappa shape index (κ2) is 14.6. The fourth-order valence-corrected chi connectivity index (χ4v) is 3.12. The fraction of sp³-hybridized carbons (Fsp3) is 0.346. The van der Waals surface area contributed by atoms with Crippen molar-refractivity contribution in [2.75, 3.05) is 19.5 Å². The van der Waals surface area contributed by atoms with Crippen LogP contribution in [0.5, 0.6) is 11.5 Å². The van der Waals surface area contributed by atoms with Crippen LogP contribution < -0.4 is 14.8 Å². The Hall–Kier alpha value is -3.41. The number of ether oxygens (including phenoxy) is 2. The van der Waals surface area contributed by atoms with Gasteiger partial charge in [0, 0.05) is 31.4 Å². The standard InChI is InChI=1S/C22H23N3O3.2C2H6/c1-15(26)25-22-7-5-18(14-24-22)19(12-16-8-10-23-11-9-16)17-4-6-20(27-2)21(13-17)28-3;2*1-2/h4-11,13-14,19H,12H2,1-3H3,(H,24,25,26);2*1-2H3. The molecule has 6 heteroatoms. The lowest BCUT2D eigenvalue weighted by atomic mass is 9.87. The van der Waals surface area contributed by atoms with E-state index >= 15 is 0 Å². The van der Waals surface area contributed by atoms with Crippen molar-refractivity contribution in [2.45, 2.75) is 47.0 Å². The SMILES string of the molecule is CC.CC.COc1ccc(C(Cc2ccncc2)c2ccc(NC(C)=O)nc2)cc1OC. The van der Waals surface area contributed by atoms with E-state index in [0.29, 0.717) is 17.3 Å². The quantitative estimate of drug-likeness (QED) is 0.500. The molecule has 0 aliphatic rings. The summed E-state index contributed by atoms with van der Waals surface area (Å²) in [6.07, 6.45) is 6.16. The van der Waals surface area contributed by atoms with Gasteiger partial charge in [-0.2, -0.15) is 0 Å². The minimum Gasteiger partial charge on any atom is -0.493 e. The summed E-state index contributed by atoms with van der Waals surface area (Å²) in [6.45, 7) is 9.46. The first-order valence-electron chi connectivity index (χ1n) is 10.9. The number of rotatable bonds is 7. The van der Waals surface area contributed by atoms with Crippen LogP contribution in [0.3, 0.4) is 0 Å². The molecule has 0 aliphatic carbocycles. The van der Waals surface area contributed by atoms with Gasteiger partial charge in [0.05, 0.1) is 14.2 Å². The first-order valence-corrected chi connectivity index (χ1v) is 10.9. The van der Waals surface area contributed by atoms with Crippen molar-refractivity contribution >= 4 is 11.7 Å². The molecule has 3 aromatic rings. The zero-order valence-electron chi connectivity index (χ0n) is 20.2. The topological polar surface area (TPSA) is 73.3 Å². The highest BCUT2D eigenvalue weighted by Crippen LogP contribution is 2.35. The van der Waals surface area contributed by atoms with E-state index in [9.17, 15) is 4.79 Å². The molecule has 6 nitrogen and oxygen atoms in total. The minimum absolute atomic E-state index is 0.0566. The van der Waals surface area contributed by atoms with Crippen molar-refractivity contribution in [1.29, 1.82) is 0 Å². The Morgan fingerprint density at radius 3 is 2.06 bits per heavy atom. The van der Waals surface area contributed by atoms with Crippen LogP contribution in [0.25, 0.3) is 0 Å². The van der Waals surface area contributed by atoms with Gasteiger partial charge in [-0.25, -0.2) is 4.98 Å². The highest BCUT2D eigenvalue weighted by molar-refractivity contribution is 5.87. The Morgan fingerprint density at radius 1 is 0.906 bits per heavy atom. The average Bonchev–Trinajstić information content (AvgIpc) is 2.85. The number of anilines is 1. The van der Waals surface area contributed by atoms with E-state index in [2.05, 4.69) is 15.3 Å². The largest absolute Gasteiger partial charge is 0.493 e. The van der Waals surface area contributed by atoms with Crippen LogP contribution in [0, 0.1) is 0 Å². The summed E-state index contributed by atoms with van der Waals surface area (Å²) in [5.41, 5.74) is 3.29. The Balaban J connectivity index is 0.00000121. The summed E-state index contributed by atoms with van der Waals surface area (Å²) in [5.74, 6) is 1.82. The van der Waals surface area contributed by atoms with Crippen molar-refractivity contribution in [3.8, 4) is 11.5 Å². The number of hydrogen-bond acceptors (Lipinski definition) is 5. The molecule has 0 bridgehead atoms. The van der Waals surface area contributed by atoms with Gasteiger partial charge in [0.2, 0.25) is 5.91 Å². The molecule has 1 N–H and O–H groups in total. The van der Waals surface area contributed by atoms with E-state index in [1.54, 1.807) is 32.8 Å². The predicted molar refractivity (Wildman–Crippen MR) is 131 cm³/mol. The van der Waals surface area contributed by atoms with Gasteiger partial charge in [0.15, 0.2) is 11.5 Å². The van der Waals surface area contributed by atoms with Crippen molar-refractivity contribution in [3.63, 3.8) is 0 Å². The monoisotopic (exact) mass is 437 g/mol. The number of amides is 1. The molecule has 0 spiro atoms. The Labute approximate surface area is 192 Å². The second-order valence-electron chi connectivity index (χ2n) is 6.38. The van der Waals surface area contributed by atoms with E-state index in [1.165, 1.54) is 12.5 Å². The molecule has 1 aromatic carbocycles. The van der Waals surface area contributed by atoms with E-state index in [-0.39, 0.29) is 11.8 Å². The van der Waals surface area contributed by atoms with Crippen LogP contribution in [-0.2, 0) is 11.2 Å². The lowest BCUT2D eigenvalue weighted by molar-refractivity contribution is -0.114. The summed E-state index contributed by atoms with van der Waals surface area (Å²) in [6, 6.07) is 13.8. The van der Waals surface area contributed by atoms with Crippen molar-refractivity contribution in [3.05, 3.63) is 77.7 Å². The number of methoxy groups -OCH3 is 2. The minimum atomic E-state index is -0.145. The van der Waals surface area contributed by atoms with E-state index in [0.717, 1.165) is 17.5 Å². The first-order chi connectivity index (χ1) is 15.6. The summed E-state index contributed by atoms with van der Waals surface area (Å²) in [4.78, 5) is 19.7. The maximum absolute atomic E-state index is 11.2. The zero-order chi connectivity index (χ0) is 23.9. The molecule has 32 heavy (non-hydrogen) atoms. The molecule has 1 amide bonds. The van der Waals surface area contributed by atoms with Crippen LogP contribution in [0.2, 0.25) is 0 Å². The van der Waals surface area contributed by atoms with E-state index in [4.69, 9.17) is 9.47 Å². The van der Waals surface area contributed by atoms with E-state index < -0.39 is 0 Å². The van der Waals surface area contributed by atoms with Gasteiger partial charge in [-0.3, -0.25) is 9.78 Å². The number of nitrogens with zero attached hydrogens (tertiary/aromatic N) is 2. The number of benzene rings is 1.